The van der Waals surface area contributed by atoms with E-state index in [1.54, 1.807) is 19.0 Å². The normalized spacial score (nSPS) is 15.6. The molecule has 0 bridgehead atoms. The fourth-order valence-corrected chi connectivity index (χ4v) is 2.03. The zero-order valence-electron chi connectivity index (χ0n) is 9.18. The average Bonchev–Trinajstić information content (AvgIpc) is 2.27. The molecule has 0 spiro atoms. The predicted molar refractivity (Wildman–Crippen MR) is 61.4 cm³/mol. The summed E-state index contributed by atoms with van der Waals surface area (Å²) in [5.74, 6) is -0.888. The van der Waals surface area contributed by atoms with Gasteiger partial charge in [0.05, 0.1) is 5.56 Å². The molecule has 84 valence electrons. The van der Waals surface area contributed by atoms with E-state index in [0.29, 0.717) is 12.1 Å². The SMILES string of the molecule is CB(O)N1CCc2cc(C(=O)O)ccc2C1. The number of hydrogen-bond acceptors (Lipinski definition) is 3. The van der Waals surface area contributed by atoms with Gasteiger partial charge in [0.1, 0.15) is 0 Å². The quantitative estimate of drug-likeness (QED) is 0.724. The van der Waals surface area contributed by atoms with Crippen LogP contribution in [0.15, 0.2) is 18.2 Å². The highest BCUT2D eigenvalue weighted by Gasteiger charge is 2.22. The van der Waals surface area contributed by atoms with Crippen LogP contribution in [-0.4, -0.2) is 34.5 Å². The van der Waals surface area contributed by atoms with Gasteiger partial charge in [-0.3, -0.25) is 0 Å². The van der Waals surface area contributed by atoms with Gasteiger partial charge in [-0.25, -0.2) is 4.79 Å². The number of carboxylic acids is 1. The van der Waals surface area contributed by atoms with Crippen LogP contribution >= 0.6 is 0 Å². The highest BCUT2D eigenvalue weighted by atomic mass is 16.4. The molecule has 1 aliphatic rings. The van der Waals surface area contributed by atoms with Gasteiger partial charge in [-0.05, 0) is 43.0 Å². The molecule has 4 nitrogen and oxygen atoms in total. The molecule has 0 amide bonds. The maximum atomic E-state index is 10.8. The lowest BCUT2D eigenvalue weighted by molar-refractivity contribution is 0.0696. The fraction of sp³-hybridized carbons (Fsp3) is 0.364. The van der Waals surface area contributed by atoms with Crippen LogP contribution in [0.2, 0.25) is 6.82 Å². The van der Waals surface area contributed by atoms with Crippen LogP contribution in [0.25, 0.3) is 0 Å². The van der Waals surface area contributed by atoms with Crippen molar-refractivity contribution in [1.29, 1.82) is 0 Å². The maximum Gasteiger partial charge on any atom is 0.376 e. The Balaban J connectivity index is 2.25. The van der Waals surface area contributed by atoms with Gasteiger partial charge in [-0.1, -0.05) is 6.07 Å². The van der Waals surface area contributed by atoms with Gasteiger partial charge >= 0.3 is 13.0 Å². The Labute approximate surface area is 94.6 Å². The van der Waals surface area contributed by atoms with Gasteiger partial charge in [0.25, 0.3) is 0 Å². The van der Waals surface area contributed by atoms with Crippen molar-refractivity contribution in [3.63, 3.8) is 0 Å². The van der Waals surface area contributed by atoms with Crippen LogP contribution in [0, 0.1) is 0 Å². The summed E-state index contributed by atoms with van der Waals surface area (Å²) in [5, 5.41) is 18.4. The second-order valence-electron chi connectivity index (χ2n) is 4.14. The van der Waals surface area contributed by atoms with Crippen molar-refractivity contribution in [1.82, 2.24) is 4.81 Å². The molecule has 0 radical (unpaired) electrons. The molecule has 1 heterocycles. The first-order valence-corrected chi connectivity index (χ1v) is 5.35. The predicted octanol–water partition coefficient (Wildman–Crippen LogP) is 0.853. The Hall–Kier alpha value is -1.33. The molecule has 0 aromatic heterocycles. The Morgan fingerprint density at radius 2 is 2.19 bits per heavy atom. The van der Waals surface area contributed by atoms with Crippen LogP contribution in [-0.2, 0) is 13.0 Å². The Morgan fingerprint density at radius 3 is 2.81 bits per heavy atom. The number of carbonyl (C=O) groups is 1. The molecule has 16 heavy (non-hydrogen) atoms. The number of hydrogen-bond donors (Lipinski definition) is 2. The summed E-state index contributed by atoms with van der Waals surface area (Å²) in [7, 11) is -0.452. The number of carboxylic acid groups (broad SMARTS) is 1. The van der Waals surface area contributed by atoms with E-state index in [0.717, 1.165) is 24.1 Å². The van der Waals surface area contributed by atoms with Gasteiger partial charge < -0.3 is 14.9 Å². The molecule has 1 aliphatic heterocycles. The van der Waals surface area contributed by atoms with Gasteiger partial charge in [0, 0.05) is 6.54 Å². The first-order valence-electron chi connectivity index (χ1n) is 5.35. The minimum Gasteiger partial charge on any atom is -0.478 e. The van der Waals surface area contributed by atoms with Gasteiger partial charge in [-0.15, -0.1) is 0 Å². The van der Waals surface area contributed by atoms with Crippen LogP contribution in [0.5, 0.6) is 0 Å². The van der Waals surface area contributed by atoms with Crippen LogP contribution in [0.4, 0.5) is 0 Å². The fourth-order valence-electron chi connectivity index (χ4n) is 2.03. The van der Waals surface area contributed by atoms with E-state index in [4.69, 9.17) is 5.11 Å². The average molecular weight is 219 g/mol. The van der Waals surface area contributed by atoms with Gasteiger partial charge in [0.15, 0.2) is 0 Å². The topological polar surface area (TPSA) is 60.8 Å². The third-order valence-corrected chi connectivity index (χ3v) is 3.02. The van der Waals surface area contributed by atoms with E-state index >= 15 is 0 Å². The minimum absolute atomic E-state index is 0.337. The van der Waals surface area contributed by atoms with E-state index in [1.807, 2.05) is 10.9 Å². The third-order valence-electron chi connectivity index (χ3n) is 3.02. The van der Waals surface area contributed by atoms with Crippen molar-refractivity contribution >= 4 is 13.0 Å². The van der Waals surface area contributed by atoms with Crippen molar-refractivity contribution in [2.45, 2.75) is 19.8 Å². The number of aromatic carboxylic acids is 1. The van der Waals surface area contributed by atoms with Gasteiger partial charge in [0.2, 0.25) is 0 Å². The van der Waals surface area contributed by atoms with Gasteiger partial charge in [-0.2, -0.15) is 0 Å². The van der Waals surface area contributed by atoms with E-state index in [-0.39, 0.29) is 0 Å². The Kier molecular flexibility index (Phi) is 2.98. The maximum absolute atomic E-state index is 10.8. The molecule has 0 atom stereocenters. The number of fused-ring (bicyclic) bond motifs is 1. The summed E-state index contributed by atoms with van der Waals surface area (Å²) < 4.78 is 0. The van der Waals surface area contributed by atoms with Crippen molar-refractivity contribution in [2.24, 2.45) is 0 Å². The summed E-state index contributed by atoms with van der Waals surface area (Å²) in [6.07, 6.45) is 0.793. The molecule has 0 unspecified atom stereocenters. The van der Waals surface area contributed by atoms with E-state index in [2.05, 4.69) is 0 Å². The summed E-state index contributed by atoms with van der Waals surface area (Å²) >= 11 is 0. The summed E-state index contributed by atoms with van der Waals surface area (Å²) in [5.41, 5.74) is 2.53. The minimum atomic E-state index is -0.888. The first kappa shape index (κ1) is 11.2. The molecular weight excluding hydrogens is 205 g/mol. The highest BCUT2D eigenvalue weighted by Crippen LogP contribution is 2.20. The molecule has 0 saturated carbocycles. The third kappa shape index (κ3) is 2.10. The highest BCUT2D eigenvalue weighted by molar-refractivity contribution is 6.45. The Bertz CT molecular complexity index is 420. The summed E-state index contributed by atoms with van der Waals surface area (Å²) in [4.78, 5) is 12.8. The van der Waals surface area contributed by atoms with Crippen molar-refractivity contribution in [3.8, 4) is 0 Å². The summed E-state index contributed by atoms with van der Waals surface area (Å²) in [6, 6.07) is 5.19. The van der Waals surface area contributed by atoms with Crippen LogP contribution in [0.1, 0.15) is 21.5 Å². The van der Waals surface area contributed by atoms with E-state index < -0.39 is 13.0 Å². The lowest BCUT2D eigenvalue weighted by atomic mass is 9.81. The molecule has 2 rings (SSSR count). The second-order valence-corrected chi connectivity index (χ2v) is 4.14. The molecule has 1 aromatic rings. The van der Waals surface area contributed by atoms with Crippen molar-refractivity contribution < 1.29 is 14.9 Å². The molecule has 2 N–H and O–H groups in total. The van der Waals surface area contributed by atoms with Crippen LogP contribution in [0.3, 0.4) is 0 Å². The molecule has 1 aromatic carbocycles. The lowest BCUT2D eigenvalue weighted by Gasteiger charge is -2.29. The van der Waals surface area contributed by atoms with Crippen molar-refractivity contribution in [3.05, 3.63) is 34.9 Å². The number of nitrogens with zero attached hydrogens (tertiary/aromatic N) is 1. The molecule has 0 aliphatic carbocycles. The standard InChI is InChI=1S/C11H14BNO3/c1-12(16)13-5-4-8-6-9(11(14)15)2-3-10(8)7-13/h2-3,6,16H,4-5,7H2,1H3,(H,14,15). The molecule has 0 fully saturated rings. The zero-order valence-corrected chi connectivity index (χ0v) is 9.18. The zero-order chi connectivity index (χ0) is 11.7. The smallest absolute Gasteiger partial charge is 0.376 e. The van der Waals surface area contributed by atoms with E-state index in [9.17, 15) is 9.82 Å². The summed E-state index contributed by atoms with van der Waals surface area (Å²) in [6.45, 7) is 3.21. The van der Waals surface area contributed by atoms with Crippen molar-refractivity contribution in [2.75, 3.05) is 6.54 Å². The second kappa shape index (κ2) is 4.27. The molecular formula is C11H14BNO3. The van der Waals surface area contributed by atoms with E-state index in [1.165, 1.54) is 0 Å². The Morgan fingerprint density at radius 1 is 1.44 bits per heavy atom. The largest absolute Gasteiger partial charge is 0.478 e. The first-order chi connectivity index (χ1) is 7.58. The number of benzene rings is 1. The lowest BCUT2D eigenvalue weighted by Crippen LogP contribution is -2.40. The number of rotatable bonds is 2. The molecule has 5 heteroatoms. The molecule has 0 saturated heterocycles. The monoisotopic (exact) mass is 219 g/mol. The van der Waals surface area contributed by atoms with Crippen LogP contribution < -0.4 is 0 Å².